The predicted molar refractivity (Wildman–Crippen MR) is 102 cm³/mol. The Kier molecular flexibility index (Phi) is 5.56. The molecule has 3 atom stereocenters. The van der Waals surface area contributed by atoms with E-state index in [1.54, 1.807) is 0 Å². The molecule has 1 aromatic rings. The molecule has 1 aromatic carbocycles. The number of imide groups is 1. The maximum Gasteiger partial charge on any atom is 0.247 e. The fourth-order valence-corrected chi connectivity index (χ4v) is 3.91. The van der Waals surface area contributed by atoms with Crippen LogP contribution in [0.25, 0.3) is 0 Å². The quantitative estimate of drug-likeness (QED) is 0.458. The van der Waals surface area contributed by atoms with Gasteiger partial charge in [-0.2, -0.15) is 0 Å². The molecule has 2 N–H and O–H groups in total. The van der Waals surface area contributed by atoms with Crippen LogP contribution in [0.4, 0.5) is 5.69 Å². The van der Waals surface area contributed by atoms with Crippen molar-refractivity contribution in [2.75, 3.05) is 5.32 Å². The summed E-state index contributed by atoms with van der Waals surface area (Å²) >= 11 is 5.93. The summed E-state index contributed by atoms with van der Waals surface area (Å²) in [5.41, 5.74) is 0.152. The number of carbonyl (C=O) groups is 3. The lowest BCUT2D eigenvalue weighted by Crippen LogP contribution is -2.48. The highest BCUT2D eigenvalue weighted by Crippen LogP contribution is 2.37. The second kappa shape index (κ2) is 7.72. The van der Waals surface area contributed by atoms with Gasteiger partial charge in [-0.15, -0.1) is 0 Å². The molecule has 6 nitrogen and oxygen atoms in total. The molecule has 3 unspecified atom stereocenters. The van der Waals surface area contributed by atoms with E-state index >= 15 is 0 Å². The summed E-state index contributed by atoms with van der Waals surface area (Å²) in [4.78, 5) is 39.9. The van der Waals surface area contributed by atoms with Gasteiger partial charge in [0.25, 0.3) is 0 Å². The Labute approximate surface area is 163 Å². The van der Waals surface area contributed by atoms with Crippen molar-refractivity contribution in [1.82, 2.24) is 4.90 Å². The van der Waals surface area contributed by atoms with Crippen molar-refractivity contribution in [1.29, 1.82) is 0 Å². The minimum absolute atomic E-state index is 0.0926. The molecule has 0 bridgehead atoms. The first-order chi connectivity index (χ1) is 12.8. The number of amides is 3. The first kappa shape index (κ1) is 19.4. The third kappa shape index (κ3) is 3.86. The molecule has 0 aromatic heterocycles. The second-order valence-electron chi connectivity index (χ2n) is 7.50. The standard InChI is InChI=1S/C20H23ClN2O4/c1-11(2)9-16(18(25)22-15-10-12(21)7-8-17(15)24)23-19(26)13-5-3-4-6-14(13)20(23)27/h3-4,7-8,10-11,13-14,16,24H,5-6,9H2,1-2H3,(H,22,25). The fraction of sp³-hybridized carbons (Fsp3) is 0.450. The van der Waals surface area contributed by atoms with Gasteiger partial charge in [-0.1, -0.05) is 37.6 Å². The van der Waals surface area contributed by atoms with E-state index in [2.05, 4.69) is 5.32 Å². The normalized spacial score (nSPS) is 22.9. The van der Waals surface area contributed by atoms with Crippen LogP contribution in [0.5, 0.6) is 5.75 Å². The van der Waals surface area contributed by atoms with Crippen molar-refractivity contribution in [3.05, 3.63) is 35.4 Å². The van der Waals surface area contributed by atoms with Gasteiger partial charge in [-0.25, -0.2) is 0 Å². The van der Waals surface area contributed by atoms with Crippen molar-refractivity contribution in [2.24, 2.45) is 17.8 Å². The number of halogens is 1. The van der Waals surface area contributed by atoms with Crippen molar-refractivity contribution < 1.29 is 19.5 Å². The Balaban J connectivity index is 1.87. The number of rotatable bonds is 5. The number of aromatic hydroxyl groups is 1. The highest BCUT2D eigenvalue weighted by Gasteiger charge is 2.51. The summed E-state index contributed by atoms with van der Waals surface area (Å²) in [7, 11) is 0. The lowest BCUT2D eigenvalue weighted by Gasteiger charge is -2.27. The van der Waals surface area contributed by atoms with Crippen LogP contribution in [0.15, 0.2) is 30.4 Å². The predicted octanol–water partition coefficient (Wildman–Crippen LogP) is 3.35. The van der Waals surface area contributed by atoms with E-state index in [-0.39, 0.29) is 41.0 Å². The molecule has 27 heavy (non-hydrogen) atoms. The number of nitrogens with zero attached hydrogens (tertiary/aromatic N) is 1. The largest absolute Gasteiger partial charge is 0.506 e. The third-order valence-corrected chi connectivity index (χ3v) is 5.30. The Morgan fingerprint density at radius 1 is 1.22 bits per heavy atom. The number of allylic oxidation sites excluding steroid dienone is 2. The van der Waals surface area contributed by atoms with E-state index in [0.29, 0.717) is 24.3 Å². The number of nitrogens with one attached hydrogen (secondary N) is 1. The summed E-state index contributed by atoms with van der Waals surface area (Å²) in [6, 6.07) is 3.39. The average molecular weight is 391 g/mol. The van der Waals surface area contributed by atoms with Crippen LogP contribution >= 0.6 is 11.6 Å². The van der Waals surface area contributed by atoms with Gasteiger partial charge in [0.1, 0.15) is 11.8 Å². The zero-order chi connectivity index (χ0) is 19.7. The smallest absolute Gasteiger partial charge is 0.247 e. The zero-order valence-electron chi connectivity index (χ0n) is 15.3. The highest BCUT2D eigenvalue weighted by atomic mass is 35.5. The Hall–Kier alpha value is -2.34. The number of hydrogen-bond acceptors (Lipinski definition) is 4. The average Bonchev–Trinajstić information content (AvgIpc) is 2.87. The van der Waals surface area contributed by atoms with Crippen LogP contribution < -0.4 is 5.32 Å². The SMILES string of the molecule is CC(C)CC(C(=O)Nc1cc(Cl)ccc1O)N1C(=O)C2CC=CCC2C1=O. The molecule has 1 heterocycles. The van der Waals surface area contributed by atoms with Crippen LogP contribution in [-0.2, 0) is 14.4 Å². The number of phenols is 1. The van der Waals surface area contributed by atoms with Gasteiger partial charge in [-0.3, -0.25) is 19.3 Å². The number of fused-ring (bicyclic) bond motifs is 1. The van der Waals surface area contributed by atoms with Crippen LogP contribution in [0.2, 0.25) is 5.02 Å². The van der Waals surface area contributed by atoms with E-state index in [1.165, 1.54) is 18.2 Å². The number of benzene rings is 1. The molecular weight excluding hydrogens is 368 g/mol. The molecule has 1 aliphatic heterocycles. The molecule has 0 radical (unpaired) electrons. The zero-order valence-corrected chi connectivity index (χ0v) is 16.1. The molecule has 1 saturated heterocycles. The van der Waals surface area contributed by atoms with E-state index in [1.807, 2.05) is 26.0 Å². The van der Waals surface area contributed by atoms with Crippen molar-refractivity contribution in [3.63, 3.8) is 0 Å². The van der Waals surface area contributed by atoms with Crippen LogP contribution in [0.1, 0.15) is 33.1 Å². The maximum atomic E-state index is 13.0. The van der Waals surface area contributed by atoms with E-state index in [4.69, 9.17) is 11.6 Å². The van der Waals surface area contributed by atoms with Gasteiger partial charge in [0.05, 0.1) is 17.5 Å². The van der Waals surface area contributed by atoms with Crippen molar-refractivity contribution in [3.8, 4) is 5.75 Å². The van der Waals surface area contributed by atoms with Gasteiger partial charge in [-0.05, 0) is 43.4 Å². The molecular formula is C20H23ClN2O4. The summed E-state index contributed by atoms with van der Waals surface area (Å²) in [6.45, 7) is 3.85. The molecule has 2 aliphatic rings. The van der Waals surface area contributed by atoms with Gasteiger partial charge in [0, 0.05) is 5.02 Å². The second-order valence-corrected chi connectivity index (χ2v) is 7.93. The van der Waals surface area contributed by atoms with Crippen LogP contribution in [0, 0.1) is 17.8 Å². The van der Waals surface area contributed by atoms with E-state index < -0.39 is 11.9 Å². The first-order valence-corrected chi connectivity index (χ1v) is 9.48. The van der Waals surface area contributed by atoms with Gasteiger partial charge in [0.15, 0.2) is 0 Å². The van der Waals surface area contributed by atoms with E-state index in [0.717, 1.165) is 4.90 Å². The topological polar surface area (TPSA) is 86.7 Å². The molecule has 144 valence electrons. The van der Waals surface area contributed by atoms with Gasteiger partial charge >= 0.3 is 0 Å². The molecule has 1 aliphatic carbocycles. The number of phenolic OH excluding ortho intramolecular Hbond substituents is 1. The van der Waals surface area contributed by atoms with Gasteiger partial charge < -0.3 is 10.4 Å². The number of likely N-dealkylation sites (tertiary alicyclic amines) is 1. The van der Waals surface area contributed by atoms with Crippen LogP contribution in [0.3, 0.4) is 0 Å². The number of carbonyl (C=O) groups excluding carboxylic acids is 3. The van der Waals surface area contributed by atoms with E-state index in [9.17, 15) is 19.5 Å². The summed E-state index contributed by atoms with van der Waals surface area (Å²) in [5.74, 6) is -1.89. The summed E-state index contributed by atoms with van der Waals surface area (Å²) in [6.07, 6.45) is 5.22. The number of hydrogen-bond donors (Lipinski definition) is 2. The monoisotopic (exact) mass is 390 g/mol. The Morgan fingerprint density at radius 3 is 2.37 bits per heavy atom. The third-order valence-electron chi connectivity index (χ3n) is 5.07. The summed E-state index contributed by atoms with van der Waals surface area (Å²) in [5, 5.41) is 12.9. The molecule has 3 rings (SSSR count). The number of anilines is 1. The van der Waals surface area contributed by atoms with Crippen molar-refractivity contribution >= 4 is 35.0 Å². The summed E-state index contributed by atoms with van der Waals surface area (Å²) < 4.78 is 0. The van der Waals surface area contributed by atoms with Crippen LogP contribution in [-0.4, -0.2) is 33.8 Å². The lowest BCUT2D eigenvalue weighted by molar-refractivity contribution is -0.147. The minimum atomic E-state index is -0.922. The fourth-order valence-electron chi connectivity index (χ4n) is 3.73. The first-order valence-electron chi connectivity index (χ1n) is 9.11. The lowest BCUT2D eigenvalue weighted by atomic mass is 9.85. The van der Waals surface area contributed by atoms with Gasteiger partial charge in [0.2, 0.25) is 17.7 Å². The van der Waals surface area contributed by atoms with Crippen molar-refractivity contribution in [2.45, 2.75) is 39.2 Å². The molecule has 0 saturated carbocycles. The molecule has 0 spiro atoms. The maximum absolute atomic E-state index is 13.0. The molecule has 7 heteroatoms. The minimum Gasteiger partial charge on any atom is -0.506 e. The highest BCUT2D eigenvalue weighted by molar-refractivity contribution is 6.31. The molecule has 3 amide bonds. The Morgan fingerprint density at radius 2 is 1.81 bits per heavy atom. The molecule has 1 fully saturated rings. The Bertz CT molecular complexity index is 779.